The van der Waals surface area contributed by atoms with E-state index in [2.05, 4.69) is 0 Å². The molecule has 2 aromatic heterocycles. The Bertz CT molecular complexity index is 607. The summed E-state index contributed by atoms with van der Waals surface area (Å²) in [6.07, 6.45) is 1.04. The minimum atomic E-state index is -0.479. The standard InChI is InChI=1S/C17H22N2O4S/c20-14(12-22-13-15-3-2-10-24-15)11-18-5-7-19(8-6-18)17(21)16-4-1-9-23-16/h1-4,9-10,14,20H,5-8,11-13H2/p+1/t14-/m1/s1. The fourth-order valence-electron chi connectivity index (χ4n) is 2.87. The Kier molecular flexibility index (Phi) is 6.03. The summed E-state index contributed by atoms with van der Waals surface area (Å²) in [5.74, 6) is 0.333. The van der Waals surface area contributed by atoms with E-state index in [1.807, 2.05) is 22.4 Å². The first kappa shape index (κ1) is 17.2. The number of nitrogens with one attached hydrogen (secondary N) is 1. The zero-order chi connectivity index (χ0) is 16.8. The number of carbonyl (C=O) groups is 1. The number of amides is 1. The molecule has 1 aliphatic rings. The lowest BCUT2D eigenvalue weighted by atomic mass is 10.2. The predicted octanol–water partition coefficient (Wildman–Crippen LogP) is 0.260. The highest BCUT2D eigenvalue weighted by molar-refractivity contribution is 7.09. The van der Waals surface area contributed by atoms with Crippen molar-refractivity contribution < 1.29 is 24.0 Å². The lowest BCUT2D eigenvalue weighted by Gasteiger charge is -2.32. The number of piperazine rings is 1. The largest absolute Gasteiger partial charge is 0.459 e. The average Bonchev–Trinajstić information content (AvgIpc) is 3.29. The molecule has 1 atom stereocenters. The van der Waals surface area contributed by atoms with E-state index < -0.39 is 6.10 Å². The van der Waals surface area contributed by atoms with E-state index in [9.17, 15) is 9.90 Å². The number of carbonyl (C=O) groups excluding carboxylic acids is 1. The molecule has 2 N–H and O–H groups in total. The molecule has 0 radical (unpaired) electrons. The topological polar surface area (TPSA) is 67.4 Å². The van der Waals surface area contributed by atoms with Crippen LogP contribution in [0.3, 0.4) is 0 Å². The predicted molar refractivity (Wildman–Crippen MR) is 90.2 cm³/mol. The summed E-state index contributed by atoms with van der Waals surface area (Å²) in [7, 11) is 0. The highest BCUT2D eigenvalue weighted by Crippen LogP contribution is 2.09. The van der Waals surface area contributed by atoms with Crippen LogP contribution >= 0.6 is 11.3 Å². The molecule has 3 heterocycles. The van der Waals surface area contributed by atoms with Gasteiger partial charge in [-0.15, -0.1) is 11.3 Å². The number of ether oxygens (including phenoxy) is 1. The molecule has 0 aromatic carbocycles. The van der Waals surface area contributed by atoms with Gasteiger partial charge in [0.25, 0.3) is 5.91 Å². The van der Waals surface area contributed by atoms with Crippen LogP contribution in [0.4, 0.5) is 0 Å². The summed E-state index contributed by atoms with van der Waals surface area (Å²) >= 11 is 1.66. The van der Waals surface area contributed by atoms with Gasteiger partial charge < -0.3 is 24.1 Å². The van der Waals surface area contributed by atoms with Crippen molar-refractivity contribution in [2.45, 2.75) is 12.7 Å². The van der Waals surface area contributed by atoms with Gasteiger partial charge >= 0.3 is 0 Å². The molecule has 24 heavy (non-hydrogen) atoms. The minimum absolute atomic E-state index is 0.0566. The van der Waals surface area contributed by atoms with E-state index in [0.29, 0.717) is 38.6 Å². The molecule has 3 rings (SSSR count). The van der Waals surface area contributed by atoms with E-state index in [1.165, 1.54) is 16.0 Å². The first-order valence-corrected chi connectivity index (χ1v) is 9.05. The molecule has 0 unspecified atom stereocenters. The number of quaternary nitrogens is 1. The molecule has 0 aliphatic carbocycles. The summed E-state index contributed by atoms with van der Waals surface area (Å²) in [6.45, 7) is 4.55. The van der Waals surface area contributed by atoms with Crippen LogP contribution in [0.1, 0.15) is 15.4 Å². The zero-order valence-electron chi connectivity index (χ0n) is 13.5. The van der Waals surface area contributed by atoms with Gasteiger partial charge in [-0.3, -0.25) is 4.79 Å². The molecule has 130 valence electrons. The minimum Gasteiger partial charge on any atom is -0.459 e. The Balaban J connectivity index is 1.35. The molecule has 1 amide bonds. The van der Waals surface area contributed by atoms with Crippen LogP contribution in [0.25, 0.3) is 0 Å². The van der Waals surface area contributed by atoms with E-state index in [4.69, 9.17) is 9.15 Å². The maximum absolute atomic E-state index is 12.2. The van der Waals surface area contributed by atoms with Crippen molar-refractivity contribution in [3.8, 4) is 0 Å². The number of aliphatic hydroxyl groups is 1. The molecule has 6 nitrogen and oxygen atoms in total. The quantitative estimate of drug-likeness (QED) is 0.751. The van der Waals surface area contributed by atoms with Gasteiger partial charge in [0.2, 0.25) is 0 Å². The summed E-state index contributed by atoms with van der Waals surface area (Å²) in [6, 6.07) is 7.43. The van der Waals surface area contributed by atoms with E-state index in [0.717, 1.165) is 13.1 Å². The van der Waals surface area contributed by atoms with Crippen LogP contribution in [-0.4, -0.2) is 61.3 Å². The number of rotatable bonds is 7. The van der Waals surface area contributed by atoms with Crippen molar-refractivity contribution in [3.05, 3.63) is 46.5 Å². The number of hydrogen-bond donors (Lipinski definition) is 2. The molecule has 1 saturated heterocycles. The van der Waals surface area contributed by atoms with Gasteiger partial charge in [-0.25, -0.2) is 0 Å². The highest BCUT2D eigenvalue weighted by Gasteiger charge is 2.27. The summed E-state index contributed by atoms with van der Waals surface area (Å²) in [4.78, 5) is 16.5. The fourth-order valence-corrected chi connectivity index (χ4v) is 3.51. The van der Waals surface area contributed by atoms with Crippen LogP contribution in [0.2, 0.25) is 0 Å². The molecule has 1 aliphatic heterocycles. The van der Waals surface area contributed by atoms with Gasteiger partial charge in [-0.05, 0) is 23.6 Å². The van der Waals surface area contributed by atoms with E-state index >= 15 is 0 Å². The number of nitrogens with zero attached hydrogens (tertiary/aromatic N) is 1. The number of thiophene rings is 1. The molecule has 0 saturated carbocycles. The van der Waals surface area contributed by atoms with Gasteiger partial charge in [0.15, 0.2) is 5.76 Å². The van der Waals surface area contributed by atoms with Gasteiger partial charge in [-0.2, -0.15) is 0 Å². The number of aliphatic hydroxyl groups excluding tert-OH is 1. The first-order chi connectivity index (χ1) is 11.7. The molecular formula is C17H23N2O4S+. The van der Waals surface area contributed by atoms with Gasteiger partial charge in [0.05, 0.1) is 45.7 Å². The third kappa shape index (κ3) is 4.67. The van der Waals surface area contributed by atoms with Crippen molar-refractivity contribution in [1.82, 2.24) is 4.90 Å². The summed E-state index contributed by atoms with van der Waals surface area (Å²) in [5, 5.41) is 12.1. The van der Waals surface area contributed by atoms with Crippen LogP contribution in [0.15, 0.2) is 40.3 Å². The van der Waals surface area contributed by atoms with Crippen molar-refractivity contribution in [2.75, 3.05) is 39.3 Å². The molecule has 0 bridgehead atoms. The molecule has 1 fully saturated rings. The lowest BCUT2D eigenvalue weighted by Crippen LogP contribution is -3.15. The molecular weight excluding hydrogens is 328 g/mol. The zero-order valence-corrected chi connectivity index (χ0v) is 14.3. The Morgan fingerprint density at radius 2 is 2.21 bits per heavy atom. The third-order valence-electron chi connectivity index (χ3n) is 4.15. The monoisotopic (exact) mass is 351 g/mol. The van der Waals surface area contributed by atoms with E-state index in [1.54, 1.807) is 23.5 Å². The Hall–Kier alpha value is -1.67. The van der Waals surface area contributed by atoms with Crippen LogP contribution in [0, 0.1) is 0 Å². The van der Waals surface area contributed by atoms with Gasteiger partial charge in [0, 0.05) is 4.88 Å². The van der Waals surface area contributed by atoms with Crippen LogP contribution in [-0.2, 0) is 11.3 Å². The van der Waals surface area contributed by atoms with Gasteiger partial charge in [-0.1, -0.05) is 6.07 Å². The van der Waals surface area contributed by atoms with Crippen LogP contribution < -0.4 is 4.90 Å². The summed E-state index contributed by atoms with van der Waals surface area (Å²) < 4.78 is 10.7. The first-order valence-electron chi connectivity index (χ1n) is 8.17. The number of furan rings is 1. The fraction of sp³-hybridized carbons (Fsp3) is 0.471. The Morgan fingerprint density at radius 3 is 2.88 bits per heavy atom. The van der Waals surface area contributed by atoms with Gasteiger partial charge in [0.1, 0.15) is 12.6 Å². The maximum atomic E-state index is 12.2. The molecule has 2 aromatic rings. The van der Waals surface area contributed by atoms with Crippen molar-refractivity contribution in [1.29, 1.82) is 0 Å². The smallest absolute Gasteiger partial charge is 0.289 e. The second-order valence-corrected chi connectivity index (χ2v) is 7.00. The molecule has 7 heteroatoms. The SMILES string of the molecule is O=C(c1ccco1)N1CC[NH+](C[C@@H](O)COCc2cccs2)CC1. The van der Waals surface area contributed by atoms with E-state index in [-0.39, 0.29) is 5.91 Å². The third-order valence-corrected chi connectivity index (χ3v) is 5.00. The lowest BCUT2D eigenvalue weighted by molar-refractivity contribution is -0.907. The second-order valence-electron chi connectivity index (χ2n) is 5.97. The van der Waals surface area contributed by atoms with Crippen molar-refractivity contribution in [3.63, 3.8) is 0 Å². The Morgan fingerprint density at radius 1 is 1.38 bits per heavy atom. The van der Waals surface area contributed by atoms with Crippen molar-refractivity contribution >= 4 is 17.2 Å². The number of hydrogen-bond acceptors (Lipinski definition) is 5. The maximum Gasteiger partial charge on any atom is 0.289 e. The highest BCUT2D eigenvalue weighted by atomic mass is 32.1. The normalized spacial score (nSPS) is 17.1. The van der Waals surface area contributed by atoms with Crippen LogP contribution in [0.5, 0.6) is 0 Å². The average molecular weight is 351 g/mol. The second kappa shape index (κ2) is 8.43. The summed E-state index contributed by atoms with van der Waals surface area (Å²) in [5.41, 5.74) is 0. The molecule has 0 spiro atoms. The van der Waals surface area contributed by atoms with Crippen molar-refractivity contribution in [2.24, 2.45) is 0 Å². The Labute approximate surface area is 145 Å².